The molecule has 0 aliphatic rings. The average Bonchev–Trinajstić information content (AvgIpc) is 2.30. The molecule has 0 bridgehead atoms. The van der Waals surface area contributed by atoms with Crippen LogP contribution >= 0.6 is 23.2 Å². The summed E-state index contributed by atoms with van der Waals surface area (Å²) in [6.07, 6.45) is -0.00404. The van der Waals surface area contributed by atoms with E-state index in [1.807, 2.05) is 20.8 Å². The first-order valence-electron chi connectivity index (χ1n) is 6.31. The maximum absolute atomic E-state index is 12.0. The normalized spacial score (nSPS) is 13.1. The van der Waals surface area contributed by atoms with Gasteiger partial charge in [0.05, 0.1) is 21.8 Å². The van der Waals surface area contributed by atoms with Crippen molar-refractivity contribution in [3.8, 4) is 0 Å². The monoisotopic (exact) mass is 318 g/mol. The summed E-state index contributed by atoms with van der Waals surface area (Å²) in [5.41, 5.74) is 6.22. The molecular formula is C14H20Cl2N2O2. The Morgan fingerprint density at radius 3 is 2.50 bits per heavy atom. The first-order chi connectivity index (χ1) is 9.10. The van der Waals surface area contributed by atoms with Crippen molar-refractivity contribution in [2.45, 2.75) is 33.3 Å². The molecule has 1 atom stereocenters. The van der Waals surface area contributed by atoms with Gasteiger partial charge in [-0.3, -0.25) is 4.79 Å². The Morgan fingerprint density at radius 1 is 1.40 bits per heavy atom. The van der Waals surface area contributed by atoms with Gasteiger partial charge in [0.25, 0.3) is 5.91 Å². The SMILES string of the molecule is CC(C)(C)CC(O)CNC(=O)c1cc(N)c(Cl)c(Cl)c1. The maximum atomic E-state index is 12.0. The van der Waals surface area contributed by atoms with E-state index >= 15 is 0 Å². The number of benzene rings is 1. The lowest BCUT2D eigenvalue weighted by atomic mass is 9.89. The number of nitrogens with one attached hydrogen (secondary N) is 1. The average molecular weight is 319 g/mol. The number of halogens is 2. The van der Waals surface area contributed by atoms with E-state index in [0.29, 0.717) is 12.0 Å². The molecule has 1 amide bonds. The molecule has 0 aliphatic carbocycles. The molecule has 0 radical (unpaired) electrons. The highest BCUT2D eigenvalue weighted by Crippen LogP contribution is 2.29. The first-order valence-corrected chi connectivity index (χ1v) is 7.06. The van der Waals surface area contributed by atoms with Gasteiger partial charge in [-0.25, -0.2) is 0 Å². The number of nitrogens with two attached hydrogens (primary N) is 1. The standard InChI is InChI=1S/C14H20Cl2N2O2/c1-14(2,3)6-9(19)7-18-13(20)8-4-10(15)12(16)11(17)5-8/h4-5,9,19H,6-7,17H2,1-3H3,(H,18,20). The molecule has 4 nitrogen and oxygen atoms in total. The van der Waals surface area contributed by atoms with Gasteiger partial charge in [0.1, 0.15) is 0 Å². The van der Waals surface area contributed by atoms with Gasteiger partial charge in [-0.15, -0.1) is 0 Å². The Labute approximate surface area is 129 Å². The van der Waals surface area contributed by atoms with Crippen molar-refractivity contribution in [1.82, 2.24) is 5.32 Å². The van der Waals surface area contributed by atoms with Crippen LogP contribution < -0.4 is 11.1 Å². The minimum absolute atomic E-state index is 0.00183. The van der Waals surface area contributed by atoms with Crippen LogP contribution in [0.3, 0.4) is 0 Å². The van der Waals surface area contributed by atoms with E-state index in [1.165, 1.54) is 12.1 Å². The zero-order valence-electron chi connectivity index (χ0n) is 11.8. The van der Waals surface area contributed by atoms with Gasteiger partial charge in [-0.1, -0.05) is 44.0 Å². The minimum atomic E-state index is -0.598. The summed E-state index contributed by atoms with van der Waals surface area (Å²) >= 11 is 11.7. The predicted molar refractivity (Wildman–Crippen MR) is 83.3 cm³/mol. The summed E-state index contributed by atoms with van der Waals surface area (Å²) in [4.78, 5) is 12.0. The molecule has 0 saturated carbocycles. The van der Waals surface area contributed by atoms with E-state index in [-0.39, 0.29) is 33.6 Å². The second-order valence-electron chi connectivity index (χ2n) is 5.99. The quantitative estimate of drug-likeness (QED) is 0.747. The third-order valence-corrected chi connectivity index (χ3v) is 3.48. The Hall–Kier alpha value is -0.970. The van der Waals surface area contributed by atoms with Gasteiger partial charge in [-0.05, 0) is 24.0 Å². The van der Waals surface area contributed by atoms with Crippen molar-refractivity contribution in [3.63, 3.8) is 0 Å². The van der Waals surface area contributed by atoms with E-state index in [4.69, 9.17) is 28.9 Å². The predicted octanol–water partition coefficient (Wildman–Crippen LogP) is 3.10. The Bertz CT molecular complexity index is 475. The molecule has 1 aromatic rings. The number of aliphatic hydroxyl groups excluding tert-OH is 1. The molecule has 0 aromatic heterocycles. The lowest BCUT2D eigenvalue weighted by molar-refractivity contribution is 0.0868. The summed E-state index contributed by atoms with van der Waals surface area (Å²) in [7, 11) is 0. The highest BCUT2D eigenvalue weighted by Gasteiger charge is 2.18. The van der Waals surface area contributed by atoms with Crippen LogP contribution in [0.2, 0.25) is 10.0 Å². The van der Waals surface area contributed by atoms with Crippen molar-refractivity contribution < 1.29 is 9.90 Å². The van der Waals surface area contributed by atoms with Gasteiger partial charge in [0.15, 0.2) is 0 Å². The number of carbonyl (C=O) groups is 1. The van der Waals surface area contributed by atoms with E-state index in [9.17, 15) is 9.90 Å². The van der Waals surface area contributed by atoms with Crippen LogP contribution in [-0.4, -0.2) is 23.7 Å². The minimum Gasteiger partial charge on any atom is -0.397 e. The van der Waals surface area contributed by atoms with Gasteiger partial charge >= 0.3 is 0 Å². The zero-order valence-corrected chi connectivity index (χ0v) is 13.3. The second kappa shape index (κ2) is 6.66. The topological polar surface area (TPSA) is 75.3 Å². The molecule has 6 heteroatoms. The molecule has 0 aliphatic heterocycles. The van der Waals surface area contributed by atoms with Gasteiger partial charge in [-0.2, -0.15) is 0 Å². The molecule has 1 aromatic carbocycles. The Morgan fingerprint density at radius 2 is 2.00 bits per heavy atom. The van der Waals surface area contributed by atoms with Crippen molar-refractivity contribution >= 4 is 34.8 Å². The second-order valence-corrected chi connectivity index (χ2v) is 6.78. The number of anilines is 1. The van der Waals surface area contributed by atoms with Gasteiger partial charge < -0.3 is 16.2 Å². The molecule has 1 rings (SSSR count). The molecule has 0 spiro atoms. The Kier molecular flexibility index (Phi) is 5.68. The van der Waals surface area contributed by atoms with Crippen LogP contribution in [0.4, 0.5) is 5.69 Å². The molecule has 112 valence electrons. The molecular weight excluding hydrogens is 299 g/mol. The molecule has 0 saturated heterocycles. The molecule has 0 heterocycles. The van der Waals surface area contributed by atoms with Gasteiger partial charge in [0.2, 0.25) is 0 Å². The van der Waals surface area contributed by atoms with E-state index in [1.54, 1.807) is 0 Å². The maximum Gasteiger partial charge on any atom is 0.251 e. The largest absolute Gasteiger partial charge is 0.397 e. The smallest absolute Gasteiger partial charge is 0.251 e. The molecule has 4 N–H and O–H groups in total. The summed E-state index contributed by atoms with van der Waals surface area (Å²) in [6.45, 7) is 6.25. The van der Waals surface area contributed by atoms with Crippen LogP contribution in [0, 0.1) is 5.41 Å². The molecule has 0 fully saturated rings. The third kappa shape index (κ3) is 5.19. The summed E-state index contributed by atoms with van der Waals surface area (Å²) < 4.78 is 0. The number of hydrogen-bond acceptors (Lipinski definition) is 3. The zero-order chi connectivity index (χ0) is 15.5. The lowest BCUT2D eigenvalue weighted by Crippen LogP contribution is -2.34. The van der Waals surface area contributed by atoms with E-state index < -0.39 is 6.10 Å². The van der Waals surface area contributed by atoms with Crippen molar-refractivity contribution in [1.29, 1.82) is 0 Å². The van der Waals surface area contributed by atoms with Crippen LogP contribution in [-0.2, 0) is 0 Å². The number of rotatable bonds is 4. The fraction of sp³-hybridized carbons (Fsp3) is 0.500. The van der Waals surface area contributed by atoms with Crippen molar-refractivity contribution in [2.75, 3.05) is 12.3 Å². The van der Waals surface area contributed by atoms with Crippen LogP contribution in [0.15, 0.2) is 12.1 Å². The summed E-state index contributed by atoms with van der Waals surface area (Å²) in [5, 5.41) is 13.0. The number of aliphatic hydroxyl groups is 1. The number of amides is 1. The van der Waals surface area contributed by atoms with Crippen LogP contribution in [0.1, 0.15) is 37.6 Å². The summed E-state index contributed by atoms with van der Waals surface area (Å²) in [5.74, 6) is -0.344. The van der Waals surface area contributed by atoms with Crippen molar-refractivity contribution in [3.05, 3.63) is 27.7 Å². The number of carbonyl (C=O) groups excluding carboxylic acids is 1. The van der Waals surface area contributed by atoms with E-state index in [0.717, 1.165) is 0 Å². The highest BCUT2D eigenvalue weighted by atomic mass is 35.5. The van der Waals surface area contributed by atoms with E-state index in [2.05, 4.69) is 5.32 Å². The highest BCUT2D eigenvalue weighted by molar-refractivity contribution is 6.43. The number of nitrogen functional groups attached to an aromatic ring is 1. The Balaban J connectivity index is 2.64. The third-order valence-electron chi connectivity index (χ3n) is 2.66. The molecule has 1 unspecified atom stereocenters. The summed E-state index contributed by atoms with van der Waals surface area (Å²) in [6, 6.07) is 2.91. The van der Waals surface area contributed by atoms with Gasteiger partial charge in [0, 0.05) is 12.1 Å². The molecule has 20 heavy (non-hydrogen) atoms. The lowest BCUT2D eigenvalue weighted by Gasteiger charge is -2.22. The van der Waals surface area contributed by atoms with Crippen LogP contribution in [0.5, 0.6) is 0 Å². The van der Waals surface area contributed by atoms with Crippen molar-refractivity contribution in [2.24, 2.45) is 5.41 Å². The van der Waals surface area contributed by atoms with Crippen LogP contribution in [0.25, 0.3) is 0 Å². The fourth-order valence-corrected chi connectivity index (χ4v) is 2.17. The first kappa shape index (κ1) is 17.1. The fourth-order valence-electron chi connectivity index (χ4n) is 1.83. The number of hydrogen-bond donors (Lipinski definition) is 3.